The monoisotopic (exact) mass is 614 g/mol. The Morgan fingerprint density at radius 1 is 1.15 bits per heavy atom. The van der Waals surface area contributed by atoms with E-state index in [-0.39, 0.29) is 24.5 Å². The Bertz CT molecular complexity index is 1220. The van der Waals surface area contributed by atoms with E-state index in [0.29, 0.717) is 12.8 Å². The summed E-state index contributed by atoms with van der Waals surface area (Å²) in [5, 5.41) is 7.60. The van der Waals surface area contributed by atoms with E-state index in [1.54, 1.807) is 41.5 Å². The molecule has 0 bridgehead atoms. The summed E-state index contributed by atoms with van der Waals surface area (Å²) in [5.41, 5.74) is 2.58. The van der Waals surface area contributed by atoms with Crippen LogP contribution in [0.25, 0.3) is 0 Å². The second-order valence-electron chi connectivity index (χ2n) is 13.1. The number of nitrogens with one attached hydrogen (secondary N) is 4. The summed E-state index contributed by atoms with van der Waals surface area (Å²) >= 11 is 4.97. The van der Waals surface area contributed by atoms with Crippen molar-refractivity contribution < 1.29 is 32.3 Å². The molecule has 1 heterocycles. The van der Waals surface area contributed by atoms with Crippen molar-refractivity contribution in [2.24, 2.45) is 17.1 Å². The second kappa shape index (κ2) is 11.4. The number of amides is 4. The molecular formula is C26H42N6O7S2. The fourth-order valence-corrected chi connectivity index (χ4v) is 6.42. The molecule has 2 aliphatic carbocycles. The third-order valence-corrected chi connectivity index (χ3v) is 9.19. The van der Waals surface area contributed by atoms with Crippen molar-refractivity contribution in [2.45, 2.75) is 102 Å². The Morgan fingerprint density at radius 3 is 2.22 bits per heavy atom. The zero-order chi connectivity index (χ0) is 31.1. The fourth-order valence-electron chi connectivity index (χ4n) is 4.89. The summed E-state index contributed by atoms with van der Waals surface area (Å²) < 4.78 is 32.4. The number of carbonyl (C=O) groups excluding carboxylic acids is 4. The summed E-state index contributed by atoms with van der Waals surface area (Å²) in [6.45, 7) is 14.1. The normalized spacial score (nSPS) is 26.8. The van der Waals surface area contributed by atoms with Crippen LogP contribution in [-0.4, -0.2) is 83.3 Å². The summed E-state index contributed by atoms with van der Waals surface area (Å²) in [6, 6.07) is -2.63. The Kier molecular flexibility index (Phi) is 9.04. The highest BCUT2D eigenvalue weighted by Gasteiger charge is 2.62. The lowest BCUT2D eigenvalue weighted by atomic mass is 9.85. The minimum Gasteiger partial charge on any atom is -0.444 e. The van der Waals surface area contributed by atoms with Crippen LogP contribution in [0.2, 0.25) is 0 Å². The molecule has 13 nitrogen and oxygen atoms in total. The van der Waals surface area contributed by atoms with Crippen molar-refractivity contribution in [1.82, 2.24) is 25.6 Å². The van der Waals surface area contributed by atoms with Crippen molar-refractivity contribution in [3.8, 4) is 0 Å². The van der Waals surface area contributed by atoms with Crippen molar-refractivity contribution in [2.75, 3.05) is 6.54 Å². The molecule has 1 aliphatic heterocycles. The number of sulfonamides is 1. The predicted octanol–water partition coefficient (Wildman–Crippen LogP) is 0.398. The Labute approximate surface area is 246 Å². The molecule has 41 heavy (non-hydrogen) atoms. The van der Waals surface area contributed by atoms with E-state index in [4.69, 9.17) is 22.7 Å². The van der Waals surface area contributed by atoms with Gasteiger partial charge in [0.05, 0.1) is 5.25 Å². The molecule has 4 amide bonds. The number of alkyl carbamates (subject to hydrolysis) is 1. The van der Waals surface area contributed by atoms with Crippen LogP contribution in [0.3, 0.4) is 0 Å². The molecule has 0 spiro atoms. The van der Waals surface area contributed by atoms with Crippen molar-refractivity contribution >= 4 is 51.2 Å². The minimum absolute atomic E-state index is 0.0160. The van der Waals surface area contributed by atoms with Gasteiger partial charge in [0.15, 0.2) is 5.11 Å². The van der Waals surface area contributed by atoms with Gasteiger partial charge in [0.2, 0.25) is 21.8 Å². The van der Waals surface area contributed by atoms with Gasteiger partial charge in [-0.05, 0) is 64.1 Å². The first-order valence-corrected chi connectivity index (χ1v) is 15.5. The minimum atomic E-state index is -3.85. The number of carbonyl (C=O) groups is 4. The summed E-state index contributed by atoms with van der Waals surface area (Å²) in [5.74, 6) is -2.52. The van der Waals surface area contributed by atoms with E-state index in [2.05, 4.69) is 27.3 Å². The SMILES string of the molecule is C=C[C@@H]1C[C@]1(NC(=O)[C@@H]1C[C@@H](NC(N)=S)CN1C(=O)[C@@H](NC(=O)OC(C)(C)C)C(C)(C)C)C(=O)NS(=O)(=O)C1CC1. The molecule has 3 rings (SSSR count). The Morgan fingerprint density at radius 2 is 1.76 bits per heavy atom. The number of rotatable bonds is 9. The zero-order valence-electron chi connectivity index (χ0n) is 24.4. The van der Waals surface area contributed by atoms with E-state index in [1.165, 1.54) is 11.0 Å². The Hall–Kier alpha value is -2.94. The number of nitrogens with two attached hydrogens (primary N) is 1. The number of ether oxygens (including phenoxy) is 1. The molecule has 0 radical (unpaired) electrons. The molecule has 3 fully saturated rings. The molecule has 6 N–H and O–H groups in total. The quantitative estimate of drug-likeness (QED) is 0.180. The van der Waals surface area contributed by atoms with Gasteiger partial charge in [-0.25, -0.2) is 13.2 Å². The average molecular weight is 615 g/mol. The van der Waals surface area contributed by atoms with E-state index in [0.717, 1.165) is 0 Å². The molecule has 0 unspecified atom stereocenters. The zero-order valence-corrected chi connectivity index (χ0v) is 26.0. The second-order valence-corrected chi connectivity index (χ2v) is 15.5. The molecular weight excluding hydrogens is 572 g/mol. The van der Waals surface area contributed by atoms with Crippen LogP contribution in [0, 0.1) is 11.3 Å². The van der Waals surface area contributed by atoms with E-state index in [1.807, 2.05) is 0 Å². The summed E-state index contributed by atoms with van der Waals surface area (Å²) in [7, 11) is -3.85. The maximum absolute atomic E-state index is 14.0. The lowest BCUT2D eigenvalue weighted by molar-refractivity contribution is -0.142. The van der Waals surface area contributed by atoms with E-state index >= 15 is 0 Å². The molecule has 5 atom stereocenters. The topological polar surface area (TPSA) is 189 Å². The standard InChI is InChI=1S/C26H42N6O7S2/c1-8-14-12-26(14,21(35)31-41(37,38)16-9-10-16)30-19(33)17-11-15(28-22(27)40)13-32(17)20(34)18(24(2,3)4)29-23(36)39-25(5,6)7/h8,14-18H,1,9-13H2,2-7H3,(H,29,36)(H,30,33)(H,31,35)(H3,27,28,40)/t14-,15-,17+,18-,26-/m1/s1. The molecule has 0 aromatic rings. The molecule has 15 heteroatoms. The van der Waals surface area contributed by atoms with Crippen LogP contribution in [0.1, 0.15) is 67.2 Å². The molecule has 0 aromatic heterocycles. The molecule has 0 aromatic carbocycles. The van der Waals surface area contributed by atoms with Crippen LogP contribution < -0.4 is 26.4 Å². The van der Waals surface area contributed by atoms with Gasteiger partial charge >= 0.3 is 6.09 Å². The smallest absolute Gasteiger partial charge is 0.408 e. The van der Waals surface area contributed by atoms with Gasteiger partial charge in [0.25, 0.3) is 5.91 Å². The van der Waals surface area contributed by atoms with Crippen LogP contribution in [0.5, 0.6) is 0 Å². The van der Waals surface area contributed by atoms with Gasteiger partial charge in [0, 0.05) is 18.5 Å². The average Bonchev–Trinajstić information content (AvgIpc) is 3.72. The number of likely N-dealkylation sites (tertiary alicyclic amines) is 1. The van der Waals surface area contributed by atoms with Crippen LogP contribution in [0.4, 0.5) is 4.79 Å². The molecule has 2 saturated carbocycles. The third-order valence-electron chi connectivity index (χ3n) is 7.26. The highest BCUT2D eigenvalue weighted by molar-refractivity contribution is 7.91. The summed E-state index contributed by atoms with van der Waals surface area (Å²) in [4.78, 5) is 54.8. The highest BCUT2D eigenvalue weighted by Crippen LogP contribution is 2.45. The van der Waals surface area contributed by atoms with E-state index in [9.17, 15) is 27.6 Å². The first-order valence-electron chi connectivity index (χ1n) is 13.6. The first kappa shape index (κ1) is 32.6. The largest absolute Gasteiger partial charge is 0.444 e. The van der Waals surface area contributed by atoms with Gasteiger partial charge in [0.1, 0.15) is 23.2 Å². The van der Waals surface area contributed by atoms with Crippen molar-refractivity contribution in [1.29, 1.82) is 0 Å². The van der Waals surface area contributed by atoms with Crippen LogP contribution >= 0.6 is 12.2 Å². The Balaban J connectivity index is 1.86. The fraction of sp³-hybridized carbons (Fsp3) is 0.731. The van der Waals surface area contributed by atoms with Crippen LogP contribution in [-0.2, 0) is 29.1 Å². The number of hydrogen-bond acceptors (Lipinski definition) is 8. The van der Waals surface area contributed by atoms with Gasteiger partial charge in [-0.15, -0.1) is 6.58 Å². The maximum atomic E-state index is 14.0. The molecule has 1 saturated heterocycles. The van der Waals surface area contributed by atoms with Crippen LogP contribution in [0.15, 0.2) is 12.7 Å². The molecule has 230 valence electrons. The van der Waals surface area contributed by atoms with Crippen molar-refractivity contribution in [3.63, 3.8) is 0 Å². The third kappa shape index (κ3) is 7.87. The number of hydrogen-bond donors (Lipinski definition) is 5. The lowest BCUT2D eigenvalue weighted by Crippen LogP contribution is -2.60. The lowest BCUT2D eigenvalue weighted by Gasteiger charge is -2.36. The first-order chi connectivity index (χ1) is 18.7. The van der Waals surface area contributed by atoms with E-state index < -0.39 is 79.7 Å². The maximum Gasteiger partial charge on any atom is 0.408 e. The van der Waals surface area contributed by atoms with Gasteiger partial charge in [-0.3, -0.25) is 19.1 Å². The van der Waals surface area contributed by atoms with Crippen molar-refractivity contribution in [3.05, 3.63) is 12.7 Å². The van der Waals surface area contributed by atoms with Gasteiger partial charge < -0.3 is 31.3 Å². The predicted molar refractivity (Wildman–Crippen MR) is 156 cm³/mol. The summed E-state index contributed by atoms with van der Waals surface area (Å²) in [6.07, 6.45) is 1.90. The highest BCUT2D eigenvalue weighted by atomic mass is 32.2. The van der Waals surface area contributed by atoms with Gasteiger partial charge in [-0.1, -0.05) is 26.8 Å². The molecule has 3 aliphatic rings. The number of nitrogens with zero attached hydrogens (tertiary/aromatic N) is 1. The van der Waals surface area contributed by atoms with Gasteiger partial charge in [-0.2, -0.15) is 0 Å². The number of thiocarbonyl (C=S) groups is 1.